The minimum absolute atomic E-state index is 0.0917. The molecule has 1 unspecified atom stereocenters. The van der Waals surface area contributed by atoms with E-state index in [9.17, 15) is 9.59 Å². The number of hydrogen-bond acceptors (Lipinski definition) is 3. The largest absolute Gasteiger partial charge is 0.480 e. The van der Waals surface area contributed by atoms with Crippen LogP contribution in [0, 0.1) is 5.92 Å². The van der Waals surface area contributed by atoms with Crippen LogP contribution in [0.1, 0.15) is 28.8 Å². The number of benzene rings is 1. The molecule has 1 aliphatic carbocycles. The van der Waals surface area contributed by atoms with E-state index in [0.29, 0.717) is 5.56 Å². The van der Waals surface area contributed by atoms with Gasteiger partial charge in [-0.1, -0.05) is 6.07 Å². The maximum absolute atomic E-state index is 12.1. The average molecular weight is 260 g/mol. The molecule has 1 aromatic rings. The monoisotopic (exact) mass is 260 g/mol. The second-order valence-corrected chi connectivity index (χ2v) is 5.18. The Balaban J connectivity index is 1.74. The molecule has 2 aliphatic rings. The van der Waals surface area contributed by atoms with Crippen LogP contribution < -0.4 is 10.6 Å². The van der Waals surface area contributed by atoms with Crippen molar-refractivity contribution in [2.24, 2.45) is 5.92 Å². The van der Waals surface area contributed by atoms with Gasteiger partial charge in [0.2, 0.25) is 0 Å². The second kappa shape index (κ2) is 4.57. The Morgan fingerprint density at radius 2 is 2.16 bits per heavy atom. The lowest BCUT2D eigenvalue weighted by molar-refractivity contribution is -0.139. The number of fused-ring (bicyclic) bond motifs is 1. The Morgan fingerprint density at radius 1 is 1.37 bits per heavy atom. The SMILES string of the molecule is O=C(NC(C(=O)O)C1CC1)c1ccc2c(c1)NCC2. The average Bonchev–Trinajstić information content (AvgIpc) is 3.11. The van der Waals surface area contributed by atoms with Crippen LogP contribution in [0.15, 0.2) is 18.2 Å². The Labute approximate surface area is 111 Å². The summed E-state index contributed by atoms with van der Waals surface area (Å²) in [5.74, 6) is -1.17. The number of nitrogens with one attached hydrogen (secondary N) is 2. The van der Waals surface area contributed by atoms with Crippen molar-refractivity contribution >= 4 is 17.6 Å². The third-order valence-corrected chi connectivity index (χ3v) is 3.73. The second-order valence-electron chi connectivity index (χ2n) is 5.18. The molecule has 1 aromatic carbocycles. The Morgan fingerprint density at radius 3 is 2.84 bits per heavy atom. The first-order valence-electron chi connectivity index (χ1n) is 6.55. The zero-order valence-electron chi connectivity index (χ0n) is 10.5. The van der Waals surface area contributed by atoms with Gasteiger partial charge >= 0.3 is 5.97 Å². The summed E-state index contributed by atoms with van der Waals surface area (Å²) in [5.41, 5.74) is 2.69. The fraction of sp³-hybridized carbons (Fsp3) is 0.429. The van der Waals surface area contributed by atoms with E-state index in [1.54, 1.807) is 12.1 Å². The minimum atomic E-state index is -0.949. The first-order chi connectivity index (χ1) is 9.15. The molecule has 3 N–H and O–H groups in total. The first-order valence-corrected chi connectivity index (χ1v) is 6.55. The lowest BCUT2D eigenvalue weighted by Crippen LogP contribution is -2.42. The van der Waals surface area contributed by atoms with Gasteiger partial charge in [0.15, 0.2) is 0 Å². The van der Waals surface area contributed by atoms with E-state index in [0.717, 1.165) is 31.5 Å². The highest BCUT2D eigenvalue weighted by atomic mass is 16.4. The summed E-state index contributed by atoms with van der Waals surface area (Å²) in [6, 6.07) is 4.72. The molecule has 1 heterocycles. The zero-order chi connectivity index (χ0) is 13.4. The molecule has 0 bridgehead atoms. The Bertz CT molecular complexity index is 537. The summed E-state index contributed by atoms with van der Waals surface area (Å²) in [5, 5.41) is 14.9. The van der Waals surface area contributed by atoms with Crippen LogP contribution in [0.3, 0.4) is 0 Å². The smallest absolute Gasteiger partial charge is 0.326 e. The molecule has 0 spiro atoms. The van der Waals surface area contributed by atoms with Gasteiger partial charge in [0.25, 0.3) is 5.91 Å². The molecule has 5 heteroatoms. The van der Waals surface area contributed by atoms with Crippen molar-refractivity contribution in [3.8, 4) is 0 Å². The molecule has 1 amide bonds. The van der Waals surface area contributed by atoms with E-state index >= 15 is 0 Å². The zero-order valence-corrected chi connectivity index (χ0v) is 10.5. The number of carboxylic acids is 1. The third-order valence-electron chi connectivity index (χ3n) is 3.73. The molecule has 3 rings (SSSR count). The molecule has 100 valence electrons. The van der Waals surface area contributed by atoms with Crippen LogP contribution in [0.5, 0.6) is 0 Å². The van der Waals surface area contributed by atoms with Crippen LogP contribution in [-0.4, -0.2) is 29.6 Å². The molecule has 0 saturated heterocycles. The van der Waals surface area contributed by atoms with Gasteiger partial charge in [-0.15, -0.1) is 0 Å². The number of hydrogen-bond donors (Lipinski definition) is 3. The number of carbonyl (C=O) groups excluding carboxylic acids is 1. The summed E-state index contributed by atoms with van der Waals surface area (Å²) in [6.45, 7) is 0.889. The normalized spacial score (nSPS) is 18.3. The van der Waals surface area contributed by atoms with Gasteiger partial charge in [0.05, 0.1) is 0 Å². The standard InChI is InChI=1S/C14H16N2O3/c17-13(16-12(14(18)19)9-2-3-9)10-4-1-8-5-6-15-11(8)7-10/h1,4,7,9,12,15H,2-3,5-6H2,(H,16,17)(H,18,19). The van der Waals surface area contributed by atoms with Gasteiger partial charge in [-0.2, -0.15) is 0 Å². The predicted octanol–water partition coefficient (Wildman–Crippen LogP) is 1.25. The molecule has 1 fully saturated rings. The summed E-state index contributed by atoms with van der Waals surface area (Å²) < 4.78 is 0. The lowest BCUT2D eigenvalue weighted by atomic mass is 10.1. The fourth-order valence-electron chi connectivity index (χ4n) is 2.47. The van der Waals surface area contributed by atoms with Crippen LogP contribution in [0.4, 0.5) is 5.69 Å². The molecular formula is C14H16N2O3. The van der Waals surface area contributed by atoms with Crippen LogP contribution in [0.25, 0.3) is 0 Å². The van der Waals surface area contributed by atoms with Crippen molar-refractivity contribution in [2.45, 2.75) is 25.3 Å². The maximum Gasteiger partial charge on any atom is 0.326 e. The Hall–Kier alpha value is -2.04. The number of rotatable bonds is 4. The van der Waals surface area contributed by atoms with Gasteiger partial charge in [0, 0.05) is 17.8 Å². The fourth-order valence-corrected chi connectivity index (χ4v) is 2.47. The molecule has 0 aromatic heterocycles. The number of amides is 1. The van der Waals surface area contributed by atoms with Gasteiger partial charge < -0.3 is 15.7 Å². The molecule has 0 radical (unpaired) electrons. The van der Waals surface area contributed by atoms with Crippen molar-refractivity contribution in [3.05, 3.63) is 29.3 Å². The number of carbonyl (C=O) groups is 2. The highest BCUT2D eigenvalue weighted by Gasteiger charge is 2.37. The van der Waals surface area contributed by atoms with Gasteiger partial charge in [-0.05, 0) is 42.9 Å². The molecule has 1 atom stereocenters. The number of anilines is 1. The highest BCUT2D eigenvalue weighted by Crippen LogP contribution is 2.33. The van der Waals surface area contributed by atoms with Crippen molar-refractivity contribution < 1.29 is 14.7 Å². The molecule has 1 aliphatic heterocycles. The van der Waals surface area contributed by atoms with Crippen LogP contribution in [0.2, 0.25) is 0 Å². The van der Waals surface area contributed by atoms with E-state index in [1.807, 2.05) is 6.07 Å². The van der Waals surface area contributed by atoms with E-state index in [4.69, 9.17) is 5.11 Å². The first kappa shape index (κ1) is 12.0. The van der Waals surface area contributed by atoms with Crippen molar-refractivity contribution in [1.29, 1.82) is 0 Å². The lowest BCUT2D eigenvalue weighted by Gasteiger charge is -2.14. The van der Waals surface area contributed by atoms with Crippen LogP contribution >= 0.6 is 0 Å². The van der Waals surface area contributed by atoms with Crippen molar-refractivity contribution in [3.63, 3.8) is 0 Å². The molecule has 19 heavy (non-hydrogen) atoms. The van der Waals surface area contributed by atoms with E-state index < -0.39 is 12.0 Å². The molecule has 5 nitrogen and oxygen atoms in total. The van der Waals surface area contributed by atoms with Gasteiger partial charge in [-0.25, -0.2) is 4.79 Å². The third kappa shape index (κ3) is 2.41. The summed E-state index contributed by atoms with van der Waals surface area (Å²) in [4.78, 5) is 23.2. The van der Waals surface area contributed by atoms with Gasteiger partial charge in [0.1, 0.15) is 6.04 Å². The summed E-state index contributed by atoms with van der Waals surface area (Å²) >= 11 is 0. The Kier molecular flexibility index (Phi) is 2.89. The summed E-state index contributed by atoms with van der Waals surface area (Å²) in [7, 11) is 0. The maximum atomic E-state index is 12.1. The quantitative estimate of drug-likeness (QED) is 0.761. The molecule has 1 saturated carbocycles. The number of carboxylic acid groups (broad SMARTS) is 1. The van der Waals surface area contributed by atoms with Gasteiger partial charge in [-0.3, -0.25) is 4.79 Å². The van der Waals surface area contributed by atoms with E-state index in [1.165, 1.54) is 5.56 Å². The predicted molar refractivity (Wildman–Crippen MR) is 70.2 cm³/mol. The van der Waals surface area contributed by atoms with Crippen LogP contribution in [-0.2, 0) is 11.2 Å². The van der Waals surface area contributed by atoms with E-state index in [2.05, 4.69) is 10.6 Å². The topological polar surface area (TPSA) is 78.4 Å². The highest BCUT2D eigenvalue weighted by molar-refractivity contribution is 5.97. The minimum Gasteiger partial charge on any atom is -0.480 e. The molecular weight excluding hydrogens is 244 g/mol. The number of aliphatic carboxylic acids is 1. The summed E-state index contributed by atoms with van der Waals surface area (Å²) in [6.07, 6.45) is 2.73. The van der Waals surface area contributed by atoms with E-state index in [-0.39, 0.29) is 11.8 Å². The van der Waals surface area contributed by atoms with Crippen molar-refractivity contribution in [2.75, 3.05) is 11.9 Å². The van der Waals surface area contributed by atoms with Crippen molar-refractivity contribution in [1.82, 2.24) is 5.32 Å².